The van der Waals surface area contributed by atoms with Crippen molar-refractivity contribution in [1.82, 2.24) is 4.57 Å². The molecule has 272 valence electrons. The van der Waals surface area contributed by atoms with Crippen molar-refractivity contribution in [2.24, 2.45) is 0 Å². The Morgan fingerprint density at radius 1 is 0.293 bits per heavy atom. The van der Waals surface area contributed by atoms with Crippen LogP contribution in [0.15, 0.2) is 231 Å². The van der Waals surface area contributed by atoms with E-state index in [0.717, 1.165) is 22.7 Å². The summed E-state index contributed by atoms with van der Waals surface area (Å²) in [6.07, 6.45) is 0. The van der Waals surface area contributed by atoms with E-state index in [2.05, 4.69) is 240 Å². The molecule has 0 saturated carbocycles. The van der Waals surface area contributed by atoms with Crippen LogP contribution < -0.4 is 4.90 Å². The van der Waals surface area contributed by atoms with E-state index < -0.39 is 0 Å². The van der Waals surface area contributed by atoms with Gasteiger partial charge in [-0.3, -0.25) is 0 Å². The van der Waals surface area contributed by atoms with Gasteiger partial charge in [0, 0.05) is 38.9 Å². The van der Waals surface area contributed by atoms with Gasteiger partial charge in [0.25, 0.3) is 0 Å². The van der Waals surface area contributed by atoms with Gasteiger partial charge in [-0.15, -0.1) is 0 Å². The van der Waals surface area contributed by atoms with E-state index in [1.54, 1.807) is 0 Å². The topological polar surface area (TPSA) is 8.17 Å². The summed E-state index contributed by atoms with van der Waals surface area (Å²) in [5.41, 5.74) is 14.1. The number of hydrogen-bond donors (Lipinski definition) is 0. The van der Waals surface area contributed by atoms with Crippen LogP contribution in [0.2, 0.25) is 0 Å². The van der Waals surface area contributed by atoms with Gasteiger partial charge >= 0.3 is 0 Å². The summed E-state index contributed by atoms with van der Waals surface area (Å²) in [5.74, 6) is 0. The van der Waals surface area contributed by atoms with Gasteiger partial charge in [-0.05, 0) is 104 Å². The Labute approximate surface area is 338 Å². The normalized spacial score (nSPS) is 11.4. The Balaban J connectivity index is 1.01. The molecule has 1 aromatic heterocycles. The molecule has 0 amide bonds. The minimum atomic E-state index is 1.10. The molecule has 1 heterocycles. The number of anilines is 3. The van der Waals surface area contributed by atoms with Crippen LogP contribution in [0.1, 0.15) is 0 Å². The second-order valence-electron chi connectivity index (χ2n) is 15.0. The molecule has 0 saturated heterocycles. The lowest BCUT2D eigenvalue weighted by Gasteiger charge is -2.26. The van der Waals surface area contributed by atoms with Crippen LogP contribution in [0.4, 0.5) is 17.1 Å². The number of nitrogens with zero attached hydrogens (tertiary/aromatic N) is 2. The highest BCUT2D eigenvalue weighted by molar-refractivity contribution is 6.19. The molecule has 0 aliphatic rings. The second kappa shape index (κ2) is 14.1. The van der Waals surface area contributed by atoms with Gasteiger partial charge in [0.2, 0.25) is 0 Å². The van der Waals surface area contributed by atoms with E-state index in [0.29, 0.717) is 0 Å². The van der Waals surface area contributed by atoms with Crippen molar-refractivity contribution in [3.63, 3.8) is 0 Å². The molecule has 10 aromatic carbocycles. The molecule has 58 heavy (non-hydrogen) atoms. The molecule has 0 spiro atoms. The predicted molar refractivity (Wildman–Crippen MR) is 247 cm³/mol. The average molecular weight is 739 g/mol. The highest BCUT2D eigenvalue weighted by Crippen LogP contribution is 2.41. The van der Waals surface area contributed by atoms with Crippen molar-refractivity contribution < 1.29 is 0 Å². The number of aromatic nitrogens is 1. The van der Waals surface area contributed by atoms with Crippen molar-refractivity contribution in [1.29, 1.82) is 0 Å². The number of fused-ring (bicyclic) bond motifs is 6. The maximum absolute atomic E-state index is 2.44. The summed E-state index contributed by atoms with van der Waals surface area (Å²) in [6.45, 7) is 0. The van der Waals surface area contributed by atoms with Crippen molar-refractivity contribution >= 4 is 60.4 Å². The van der Waals surface area contributed by atoms with Gasteiger partial charge in [0.05, 0.1) is 11.0 Å². The van der Waals surface area contributed by atoms with Crippen molar-refractivity contribution in [2.45, 2.75) is 0 Å². The first-order chi connectivity index (χ1) is 28.8. The summed E-state index contributed by atoms with van der Waals surface area (Å²) in [5, 5.41) is 7.46. The highest BCUT2D eigenvalue weighted by atomic mass is 15.1. The standard InChI is InChI=1S/C56H38N2/c1-3-14-41(15-4-1)50-20-11-12-21-51(50)43-26-32-48(33-27-43)57(49-34-25-39-13-7-8-17-44(39)37-49)47-30-23-40(24-31-47)45-29-35-53-54-36-28-42-16-9-10-22-52(42)56(54)58(55(53)38-45)46-18-5-2-6-19-46/h1-38H. The maximum atomic E-state index is 2.44. The zero-order valence-corrected chi connectivity index (χ0v) is 31.8. The first kappa shape index (κ1) is 33.6. The summed E-state index contributed by atoms with van der Waals surface area (Å²) < 4.78 is 2.44. The SMILES string of the molecule is c1ccc(-c2ccccc2-c2ccc(N(c3ccc(-c4ccc5c6ccc7ccccc7c6n(-c6ccccc6)c5c4)cc3)c3ccc4ccccc4c3)cc2)cc1. The molecule has 11 aromatic rings. The van der Waals surface area contributed by atoms with Crippen LogP contribution in [-0.4, -0.2) is 4.57 Å². The fourth-order valence-electron chi connectivity index (χ4n) is 8.76. The third-order valence-corrected chi connectivity index (χ3v) is 11.6. The molecule has 2 heteroatoms. The van der Waals surface area contributed by atoms with Gasteiger partial charge in [0.1, 0.15) is 0 Å². The Hall–Kier alpha value is -7.68. The monoisotopic (exact) mass is 738 g/mol. The fourth-order valence-corrected chi connectivity index (χ4v) is 8.76. The third kappa shape index (κ3) is 5.82. The maximum Gasteiger partial charge on any atom is 0.0619 e. The van der Waals surface area contributed by atoms with E-state index in [4.69, 9.17) is 0 Å². The van der Waals surface area contributed by atoms with Crippen LogP contribution in [-0.2, 0) is 0 Å². The zero-order chi connectivity index (χ0) is 38.4. The Morgan fingerprint density at radius 2 is 0.810 bits per heavy atom. The summed E-state index contributed by atoms with van der Waals surface area (Å²) in [7, 11) is 0. The minimum absolute atomic E-state index is 1.10. The predicted octanol–water partition coefficient (Wildman–Crippen LogP) is 15.6. The molecule has 0 bridgehead atoms. The van der Waals surface area contributed by atoms with Gasteiger partial charge in [-0.25, -0.2) is 0 Å². The molecule has 0 N–H and O–H groups in total. The fraction of sp³-hybridized carbons (Fsp3) is 0. The van der Waals surface area contributed by atoms with E-state index >= 15 is 0 Å². The average Bonchev–Trinajstić information content (AvgIpc) is 3.64. The molecule has 0 aliphatic heterocycles. The van der Waals surface area contributed by atoms with Crippen molar-refractivity contribution in [3.05, 3.63) is 231 Å². The first-order valence-corrected chi connectivity index (χ1v) is 19.9. The number of rotatable bonds is 7. The number of hydrogen-bond acceptors (Lipinski definition) is 1. The van der Waals surface area contributed by atoms with Gasteiger partial charge in [-0.2, -0.15) is 0 Å². The summed E-state index contributed by atoms with van der Waals surface area (Å²) in [4.78, 5) is 2.37. The van der Waals surface area contributed by atoms with Crippen LogP contribution in [0.25, 0.3) is 82.4 Å². The van der Waals surface area contributed by atoms with E-state index in [-0.39, 0.29) is 0 Å². The van der Waals surface area contributed by atoms with Crippen molar-refractivity contribution in [2.75, 3.05) is 4.90 Å². The van der Waals surface area contributed by atoms with Gasteiger partial charge in [0.15, 0.2) is 0 Å². The molecule has 11 rings (SSSR count). The number of benzene rings is 10. The van der Waals surface area contributed by atoms with Gasteiger partial charge in [-0.1, -0.05) is 176 Å². The van der Waals surface area contributed by atoms with E-state index in [1.807, 2.05) is 0 Å². The quantitative estimate of drug-likeness (QED) is 0.158. The minimum Gasteiger partial charge on any atom is -0.310 e. The summed E-state index contributed by atoms with van der Waals surface area (Å²) in [6, 6.07) is 83.6. The molecule has 2 nitrogen and oxygen atoms in total. The first-order valence-electron chi connectivity index (χ1n) is 19.9. The molecule has 0 fully saturated rings. The molecule has 0 radical (unpaired) electrons. The van der Waals surface area contributed by atoms with Gasteiger partial charge < -0.3 is 9.47 Å². The molecule has 0 atom stereocenters. The molecule has 0 unspecified atom stereocenters. The summed E-state index contributed by atoms with van der Waals surface area (Å²) >= 11 is 0. The smallest absolute Gasteiger partial charge is 0.0619 e. The van der Waals surface area contributed by atoms with E-state index in [1.165, 1.54) is 76.7 Å². The Kier molecular flexibility index (Phi) is 8.19. The number of para-hydroxylation sites is 1. The molecule has 0 aliphatic carbocycles. The largest absolute Gasteiger partial charge is 0.310 e. The molecular formula is C56H38N2. The highest BCUT2D eigenvalue weighted by Gasteiger charge is 2.18. The lowest BCUT2D eigenvalue weighted by molar-refractivity contribution is 1.19. The van der Waals surface area contributed by atoms with E-state index in [9.17, 15) is 0 Å². The van der Waals surface area contributed by atoms with Crippen LogP contribution in [0, 0.1) is 0 Å². The van der Waals surface area contributed by atoms with Crippen LogP contribution in [0.3, 0.4) is 0 Å². The lowest BCUT2D eigenvalue weighted by atomic mass is 9.94. The van der Waals surface area contributed by atoms with Crippen molar-refractivity contribution in [3.8, 4) is 39.1 Å². The van der Waals surface area contributed by atoms with Crippen LogP contribution in [0.5, 0.6) is 0 Å². The second-order valence-corrected chi connectivity index (χ2v) is 15.0. The lowest BCUT2D eigenvalue weighted by Crippen LogP contribution is -2.09. The molecular weight excluding hydrogens is 701 g/mol. The third-order valence-electron chi connectivity index (χ3n) is 11.6. The zero-order valence-electron chi connectivity index (χ0n) is 31.8. The van der Waals surface area contributed by atoms with Crippen LogP contribution >= 0.6 is 0 Å². The Morgan fingerprint density at radius 3 is 1.53 bits per heavy atom. The Bertz CT molecular complexity index is 3250.